The zero-order valence-corrected chi connectivity index (χ0v) is 26.7. The van der Waals surface area contributed by atoms with E-state index in [4.69, 9.17) is 18.9 Å². The highest BCUT2D eigenvalue weighted by Gasteiger charge is 2.59. The lowest BCUT2D eigenvalue weighted by Crippen LogP contribution is -2.56. The van der Waals surface area contributed by atoms with E-state index in [0.29, 0.717) is 25.0 Å². The first-order valence-corrected chi connectivity index (χ1v) is 18.5. The lowest BCUT2D eigenvalue weighted by atomic mass is 9.42. The molecule has 2 atom stereocenters. The van der Waals surface area contributed by atoms with E-state index >= 15 is 0 Å². The molecule has 2 saturated heterocycles. The maximum absolute atomic E-state index is 6.53. The Morgan fingerprint density at radius 3 is 1.41 bits per heavy atom. The Hall–Kier alpha value is -2.04. The molecule has 0 radical (unpaired) electrons. The molecule has 8 fully saturated rings. The highest BCUT2D eigenvalue weighted by molar-refractivity contribution is 5.52. The van der Waals surface area contributed by atoms with E-state index in [-0.39, 0.29) is 17.6 Å². The van der Waals surface area contributed by atoms with Crippen molar-refractivity contribution in [1.29, 1.82) is 0 Å². The molecular formula is C40H52O4. The normalized spacial score (nSPS) is 36.4. The van der Waals surface area contributed by atoms with Gasteiger partial charge >= 0.3 is 0 Å². The largest absolute Gasteiger partial charge is 0.490 e. The predicted octanol–water partition coefficient (Wildman–Crippen LogP) is 9.08. The molecule has 0 spiro atoms. The molecule has 44 heavy (non-hydrogen) atoms. The van der Waals surface area contributed by atoms with Crippen molar-refractivity contribution < 1.29 is 18.9 Å². The lowest BCUT2D eigenvalue weighted by molar-refractivity contribution is -0.0419. The van der Waals surface area contributed by atoms with Crippen molar-refractivity contribution in [2.75, 3.05) is 26.4 Å². The van der Waals surface area contributed by atoms with E-state index in [1.165, 1.54) is 107 Å². The third-order valence-electron chi connectivity index (χ3n) is 13.1. The Morgan fingerprint density at radius 1 is 0.568 bits per heavy atom. The smallest absolute Gasteiger partial charge is 0.122 e. The van der Waals surface area contributed by atoms with Crippen LogP contribution in [-0.4, -0.2) is 38.6 Å². The highest BCUT2D eigenvalue weighted by atomic mass is 16.6. The molecule has 2 unspecified atom stereocenters. The number of ether oxygens (including phenoxy) is 4. The monoisotopic (exact) mass is 596 g/mol. The van der Waals surface area contributed by atoms with Crippen LogP contribution in [0.4, 0.5) is 0 Å². The molecule has 6 aliphatic carbocycles. The maximum atomic E-state index is 6.53. The van der Waals surface area contributed by atoms with E-state index in [1.54, 1.807) is 11.1 Å². The topological polar surface area (TPSA) is 43.5 Å². The quantitative estimate of drug-likeness (QED) is 0.257. The van der Waals surface area contributed by atoms with Crippen molar-refractivity contribution in [3.05, 3.63) is 58.7 Å². The first kappa shape index (κ1) is 28.2. The Bertz CT molecular complexity index is 1220. The van der Waals surface area contributed by atoms with Crippen molar-refractivity contribution in [3.8, 4) is 11.5 Å². The van der Waals surface area contributed by atoms with Gasteiger partial charge in [-0.3, -0.25) is 0 Å². The van der Waals surface area contributed by atoms with Gasteiger partial charge in [-0.15, -0.1) is 0 Å². The second-order valence-electron chi connectivity index (χ2n) is 15.9. The van der Waals surface area contributed by atoms with Gasteiger partial charge < -0.3 is 18.9 Å². The van der Waals surface area contributed by atoms with Crippen LogP contribution in [0.25, 0.3) is 0 Å². The minimum absolute atomic E-state index is 0.0938. The van der Waals surface area contributed by atoms with E-state index in [0.717, 1.165) is 48.4 Å². The Kier molecular flexibility index (Phi) is 7.46. The minimum Gasteiger partial charge on any atom is -0.490 e. The Balaban J connectivity index is 1.16. The molecule has 4 bridgehead atoms. The van der Waals surface area contributed by atoms with E-state index in [1.807, 2.05) is 0 Å². The van der Waals surface area contributed by atoms with Gasteiger partial charge in [0.1, 0.15) is 36.9 Å². The van der Waals surface area contributed by atoms with Gasteiger partial charge in [0.15, 0.2) is 0 Å². The molecule has 8 aliphatic rings. The third kappa shape index (κ3) is 5.20. The summed E-state index contributed by atoms with van der Waals surface area (Å²) < 4.78 is 24.1. The van der Waals surface area contributed by atoms with Crippen molar-refractivity contribution >= 4 is 0 Å². The molecule has 0 amide bonds. The minimum atomic E-state index is 0.0938. The van der Waals surface area contributed by atoms with Crippen LogP contribution < -0.4 is 9.47 Å². The zero-order valence-electron chi connectivity index (χ0n) is 26.7. The van der Waals surface area contributed by atoms with E-state index in [9.17, 15) is 0 Å². The summed E-state index contributed by atoms with van der Waals surface area (Å²) >= 11 is 0. The van der Waals surface area contributed by atoms with Crippen LogP contribution in [-0.2, 0) is 14.9 Å². The van der Waals surface area contributed by atoms with Crippen LogP contribution in [0, 0.1) is 23.7 Å². The number of hydrogen-bond donors (Lipinski definition) is 0. The fourth-order valence-electron chi connectivity index (χ4n) is 11.1. The Labute approximate surface area is 264 Å². The number of rotatable bonds is 10. The number of benzene rings is 2. The predicted molar refractivity (Wildman–Crippen MR) is 173 cm³/mol. The molecule has 0 aromatic heterocycles. The van der Waals surface area contributed by atoms with Crippen molar-refractivity contribution in [2.45, 2.75) is 126 Å². The first-order valence-electron chi connectivity index (χ1n) is 18.5. The average Bonchev–Trinajstić information content (AvgIpc) is 4.00. The highest BCUT2D eigenvalue weighted by Crippen LogP contribution is 2.66. The molecule has 4 heteroatoms. The van der Waals surface area contributed by atoms with Gasteiger partial charge in [-0.25, -0.2) is 0 Å². The molecule has 0 N–H and O–H groups in total. The van der Waals surface area contributed by atoms with Crippen molar-refractivity contribution in [3.63, 3.8) is 0 Å². The number of hydrogen-bond acceptors (Lipinski definition) is 4. The summed E-state index contributed by atoms with van der Waals surface area (Å²) in [5, 5.41) is 0. The van der Waals surface area contributed by atoms with Gasteiger partial charge in [0.05, 0.1) is 13.2 Å². The summed E-state index contributed by atoms with van der Waals surface area (Å²) in [6.45, 7) is 3.08. The summed E-state index contributed by atoms with van der Waals surface area (Å²) in [5.74, 6) is 6.82. The molecule has 2 aromatic rings. The van der Waals surface area contributed by atoms with Gasteiger partial charge in [-0.05, 0) is 128 Å². The summed E-state index contributed by atoms with van der Waals surface area (Å²) in [4.78, 5) is 0. The maximum Gasteiger partial charge on any atom is 0.122 e. The second kappa shape index (κ2) is 11.6. The Morgan fingerprint density at radius 2 is 1.00 bits per heavy atom. The van der Waals surface area contributed by atoms with Gasteiger partial charge in [0.25, 0.3) is 0 Å². The van der Waals surface area contributed by atoms with Crippen molar-refractivity contribution in [1.82, 2.24) is 0 Å². The molecule has 2 aromatic carbocycles. The first-order chi connectivity index (χ1) is 21.7. The zero-order chi connectivity index (χ0) is 29.1. The molecule has 6 saturated carbocycles. The van der Waals surface area contributed by atoms with Crippen molar-refractivity contribution in [2.24, 2.45) is 23.7 Å². The lowest BCUT2D eigenvalue weighted by Gasteiger charge is -2.62. The van der Waals surface area contributed by atoms with E-state index in [2.05, 4.69) is 36.4 Å². The summed E-state index contributed by atoms with van der Waals surface area (Å²) in [6, 6.07) is 15.1. The van der Waals surface area contributed by atoms with Crippen LogP contribution >= 0.6 is 0 Å². The number of epoxide rings is 2. The fourth-order valence-corrected chi connectivity index (χ4v) is 11.1. The average molecular weight is 597 g/mol. The fraction of sp³-hybridized carbons (Fsp3) is 0.700. The molecule has 236 valence electrons. The van der Waals surface area contributed by atoms with Gasteiger partial charge in [-0.1, -0.05) is 62.8 Å². The van der Waals surface area contributed by atoms with Gasteiger partial charge in [0, 0.05) is 5.41 Å². The van der Waals surface area contributed by atoms with E-state index < -0.39 is 0 Å². The van der Waals surface area contributed by atoms with Crippen LogP contribution in [0.2, 0.25) is 0 Å². The third-order valence-corrected chi connectivity index (χ3v) is 13.1. The summed E-state index contributed by atoms with van der Waals surface area (Å²) in [6.07, 6.45) is 21.0. The molecule has 2 heterocycles. The molecule has 10 rings (SSSR count). The van der Waals surface area contributed by atoms with Crippen LogP contribution in [0.15, 0.2) is 36.4 Å². The van der Waals surface area contributed by atoms with Crippen LogP contribution in [0.1, 0.15) is 130 Å². The van der Waals surface area contributed by atoms with Gasteiger partial charge in [-0.2, -0.15) is 0 Å². The SMILES string of the molecule is c1cc(OCC2CO2)c(C2CCCCC2)cc1C1(c2ccc(OCC3CO3)c(C3CCCCC3)c2)C2CC3CC(C2)CC1C3. The summed E-state index contributed by atoms with van der Waals surface area (Å²) in [5.41, 5.74) is 6.27. The second-order valence-corrected chi connectivity index (χ2v) is 15.9. The van der Waals surface area contributed by atoms with Gasteiger partial charge in [0.2, 0.25) is 0 Å². The summed E-state index contributed by atoms with van der Waals surface area (Å²) in [7, 11) is 0. The van der Waals surface area contributed by atoms with Crippen LogP contribution in [0.3, 0.4) is 0 Å². The molecule has 4 nitrogen and oxygen atoms in total. The molecule has 2 aliphatic heterocycles. The molecular weight excluding hydrogens is 544 g/mol. The van der Waals surface area contributed by atoms with Crippen LogP contribution in [0.5, 0.6) is 11.5 Å². The standard InChI is InChI=1S/C40H52O4/c1-3-7-28(8-4-1)36-20-30(11-13-38(36)43-24-34-22-41-34)40(32-16-26-15-27(18-32)19-33(40)17-26)31-12-14-39(44-25-35-23-42-35)37(21-31)29-9-5-2-6-10-29/h11-14,20-21,26-29,32-35H,1-10,15-19,22-25H2.